The average molecular weight is 332 g/mol. The molecule has 1 N–H and O–H groups in total. The molecule has 23 heavy (non-hydrogen) atoms. The van der Waals surface area contributed by atoms with E-state index in [9.17, 15) is 22.4 Å². The summed E-state index contributed by atoms with van der Waals surface area (Å²) in [5.74, 6) is -1.31. The van der Waals surface area contributed by atoms with E-state index in [4.69, 9.17) is 0 Å². The zero-order valence-corrected chi connectivity index (χ0v) is 13.1. The lowest BCUT2D eigenvalue weighted by Gasteiger charge is -2.20. The summed E-state index contributed by atoms with van der Waals surface area (Å²) in [7, 11) is 0. The molecule has 1 atom stereocenters. The molecule has 0 bridgehead atoms. The summed E-state index contributed by atoms with van der Waals surface area (Å²) in [6.07, 6.45) is -3.84. The van der Waals surface area contributed by atoms with Gasteiger partial charge in [0.2, 0.25) is 5.91 Å². The molecule has 3 nitrogen and oxygen atoms in total. The quantitative estimate of drug-likeness (QED) is 0.859. The zero-order chi connectivity index (χ0) is 17.2. The normalized spacial score (nSPS) is 19.3. The van der Waals surface area contributed by atoms with Crippen molar-refractivity contribution < 1.29 is 22.4 Å². The lowest BCUT2D eigenvalue weighted by atomic mass is 10.1. The highest BCUT2D eigenvalue weighted by molar-refractivity contribution is 5.79. The minimum Gasteiger partial charge on any atom is -0.352 e. The van der Waals surface area contributed by atoms with Gasteiger partial charge < -0.3 is 10.2 Å². The Hall–Kier alpha value is -1.63. The predicted octanol–water partition coefficient (Wildman–Crippen LogP) is 3.19. The molecule has 1 unspecified atom stereocenters. The minimum atomic E-state index is -4.58. The number of hydrogen-bond donors (Lipinski definition) is 1. The smallest absolute Gasteiger partial charge is 0.352 e. The van der Waals surface area contributed by atoms with Crippen molar-refractivity contribution in [2.75, 3.05) is 13.1 Å². The second-order valence-corrected chi connectivity index (χ2v) is 6.10. The number of hydrogen-bond acceptors (Lipinski definition) is 2. The molecule has 7 heteroatoms. The van der Waals surface area contributed by atoms with E-state index >= 15 is 0 Å². The molecular formula is C16H20F4N2O. The number of carbonyl (C=O) groups is 1. The maximum atomic E-state index is 13.7. The van der Waals surface area contributed by atoms with Crippen molar-refractivity contribution in [3.8, 4) is 0 Å². The Balaban J connectivity index is 1.92. The van der Waals surface area contributed by atoms with E-state index in [2.05, 4.69) is 24.1 Å². The number of carbonyl (C=O) groups excluding carboxylic acids is 1. The van der Waals surface area contributed by atoms with Crippen molar-refractivity contribution in [1.29, 1.82) is 0 Å². The number of halogens is 4. The SMILES string of the molecule is CC(C)N1CCC(C(=O)NCc2ccc(C(F)(F)F)cc2F)C1. The molecular weight excluding hydrogens is 312 g/mol. The lowest BCUT2D eigenvalue weighted by molar-refractivity contribution is -0.137. The molecule has 1 heterocycles. The Bertz CT molecular complexity index is 572. The van der Waals surface area contributed by atoms with Crippen molar-refractivity contribution in [2.24, 2.45) is 5.92 Å². The van der Waals surface area contributed by atoms with Gasteiger partial charge in [-0.15, -0.1) is 0 Å². The van der Waals surface area contributed by atoms with Crippen LogP contribution in [-0.4, -0.2) is 29.9 Å². The standard InChI is InChI=1S/C16H20F4N2O/c1-10(2)22-6-5-12(9-22)15(23)21-8-11-3-4-13(7-14(11)17)16(18,19)20/h3-4,7,10,12H,5-6,8-9H2,1-2H3,(H,21,23). The van der Waals surface area contributed by atoms with E-state index < -0.39 is 17.6 Å². The highest BCUT2D eigenvalue weighted by atomic mass is 19.4. The van der Waals surface area contributed by atoms with Crippen LogP contribution in [0.25, 0.3) is 0 Å². The molecule has 1 fully saturated rings. The van der Waals surface area contributed by atoms with Crippen LogP contribution in [0, 0.1) is 11.7 Å². The number of rotatable bonds is 4. The molecule has 1 aromatic rings. The Kier molecular flexibility index (Phi) is 5.29. The Morgan fingerprint density at radius 3 is 2.61 bits per heavy atom. The third-order valence-corrected chi connectivity index (χ3v) is 4.15. The molecule has 1 aliphatic rings. The van der Waals surface area contributed by atoms with Gasteiger partial charge in [-0.1, -0.05) is 6.07 Å². The molecule has 1 aromatic carbocycles. The van der Waals surface area contributed by atoms with E-state index in [1.165, 1.54) is 0 Å². The van der Waals surface area contributed by atoms with E-state index in [1.807, 2.05) is 0 Å². The number of alkyl halides is 3. The fraction of sp³-hybridized carbons (Fsp3) is 0.562. The van der Waals surface area contributed by atoms with Gasteiger partial charge in [0.05, 0.1) is 11.5 Å². The highest BCUT2D eigenvalue weighted by Gasteiger charge is 2.32. The second kappa shape index (κ2) is 6.86. The first-order valence-electron chi connectivity index (χ1n) is 7.56. The fourth-order valence-electron chi connectivity index (χ4n) is 2.66. The third kappa shape index (κ3) is 4.43. The first kappa shape index (κ1) is 17.7. The van der Waals surface area contributed by atoms with Gasteiger partial charge in [-0.25, -0.2) is 4.39 Å². The van der Waals surface area contributed by atoms with Gasteiger partial charge >= 0.3 is 6.18 Å². The van der Waals surface area contributed by atoms with Gasteiger partial charge in [0, 0.05) is 24.7 Å². The van der Waals surface area contributed by atoms with Crippen molar-refractivity contribution in [3.63, 3.8) is 0 Å². The molecule has 0 aromatic heterocycles. The van der Waals surface area contributed by atoms with E-state index in [1.54, 1.807) is 0 Å². The molecule has 0 radical (unpaired) electrons. The number of amides is 1. The second-order valence-electron chi connectivity index (χ2n) is 6.10. The molecule has 0 saturated carbocycles. The van der Waals surface area contributed by atoms with Crippen LogP contribution in [0.5, 0.6) is 0 Å². The van der Waals surface area contributed by atoms with Crippen molar-refractivity contribution in [3.05, 3.63) is 35.1 Å². The lowest BCUT2D eigenvalue weighted by Crippen LogP contribution is -2.34. The summed E-state index contributed by atoms with van der Waals surface area (Å²) in [6.45, 7) is 5.49. The van der Waals surface area contributed by atoms with Crippen LogP contribution in [0.15, 0.2) is 18.2 Å². The predicted molar refractivity (Wildman–Crippen MR) is 78.1 cm³/mol. The molecule has 2 rings (SSSR count). The van der Waals surface area contributed by atoms with Gasteiger partial charge in [-0.05, 0) is 38.9 Å². The monoisotopic (exact) mass is 332 g/mol. The summed E-state index contributed by atoms with van der Waals surface area (Å²) < 4.78 is 51.2. The van der Waals surface area contributed by atoms with Gasteiger partial charge in [0.1, 0.15) is 5.82 Å². The fourth-order valence-corrected chi connectivity index (χ4v) is 2.66. The summed E-state index contributed by atoms with van der Waals surface area (Å²) in [5, 5.41) is 2.61. The summed E-state index contributed by atoms with van der Waals surface area (Å²) in [6, 6.07) is 2.70. The van der Waals surface area contributed by atoms with Gasteiger partial charge in [0.25, 0.3) is 0 Å². The van der Waals surface area contributed by atoms with Crippen molar-refractivity contribution in [2.45, 2.75) is 39.0 Å². The molecule has 128 valence electrons. The zero-order valence-electron chi connectivity index (χ0n) is 13.1. The first-order valence-corrected chi connectivity index (χ1v) is 7.56. The molecule has 1 aliphatic heterocycles. The van der Waals surface area contributed by atoms with Crippen LogP contribution in [-0.2, 0) is 17.5 Å². The Labute approximate surface area is 132 Å². The number of nitrogens with zero attached hydrogens (tertiary/aromatic N) is 1. The topological polar surface area (TPSA) is 32.3 Å². The number of likely N-dealkylation sites (tertiary alicyclic amines) is 1. The largest absolute Gasteiger partial charge is 0.416 e. The van der Waals surface area contributed by atoms with Crippen LogP contribution >= 0.6 is 0 Å². The van der Waals surface area contributed by atoms with E-state index in [0.29, 0.717) is 18.7 Å². The number of benzene rings is 1. The van der Waals surface area contributed by atoms with E-state index in [-0.39, 0.29) is 23.9 Å². The van der Waals surface area contributed by atoms with Crippen LogP contribution in [0.4, 0.5) is 17.6 Å². The number of nitrogens with one attached hydrogen (secondary N) is 1. The van der Waals surface area contributed by atoms with Crippen LogP contribution in [0.2, 0.25) is 0 Å². The molecule has 0 aliphatic carbocycles. The van der Waals surface area contributed by atoms with Crippen LogP contribution < -0.4 is 5.32 Å². The summed E-state index contributed by atoms with van der Waals surface area (Å²) >= 11 is 0. The van der Waals surface area contributed by atoms with Gasteiger partial charge in [-0.2, -0.15) is 13.2 Å². The van der Waals surface area contributed by atoms with Crippen LogP contribution in [0.3, 0.4) is 0 Å². The molecule has 1 amide bonds. The molecule has 1 saturated heterocycles. The van der Waals surface area contributed by atoms with Crippen LogP contribution in [0.1, 0.15) is 31.4 Å². The minimum absolute atomic E-state index is 0.0464. The summed E-state index contributed by atoms with van der Waals surface area (Å²) in [5.41, 5.74) is -0.987. The molecule has 0 spiro atoms. The maximum absolute atomic E-state index is 13.7. The Morgan fingerprint density at radius 1 is 1.39 bits per heavy atom. The third-order valence-electron chi connectivity index (χ3n) is 4.15. The first-order chi connectivity index (χ1) is 10.7. The van der Waals surface area contributed by atoms with Crippen molar-refractivity contribution in [1.82, 2.24) is 10.2 Å². The van der Waals surface area contributed by atoms with E-state index in [0.717, 1.165) is 25.1 Å². The average Bonchev–Trinajstić information content (AvgIpc) is 2.94. The highest BCUT2D eigenvalue weighted by Crippen LogP contribution is 2.30. The Morgan fingerprint density at radius 2 is 2.09 bits per heavy atom. The maximum Gasteiger partial charge on any atom is 0.416 e. The summed E-state index contributed by atoms with van der Waals surface area (Å²) in [4.78, 5) is 14.3. The van der Waals surface area contributed by atoms with Crippen molar-refractivity contribution >= 4 is 5.91 Å². The van der Waals surface area contributed by atoms with Gasteiger partial charge in [-0.3, -0.25) is 4.79 Å². The van der Waals surface area contributed by atoms with Gasteiger partial charge in [0.15, 0.2) is 0 Å².